The average Bonchev–Trinajstić information content (AvgIpc) is 2.77. The van der Waals surface area contributed by atoms with Gasteiger partial charge in [0.05, 0.1) is 16.3 Å². The molecule has 1 amide bonds. The number of para-hydroxylation sites is 1. The molecule has 2 N–H and O–H groups in total. The third-order valence-corrected chi connectivity index (χ3v) is 6.37. The molecule has 0 aliphatic rings. The molecule has 3 rings (SSSR count). The summed E-state index contributed by atoms with van der Waals surface area (Å²) in [5.41, 5.74) is 4.56. The highest BCUT2D eigenvalue weighted by Gasteiger charge is 2.27. The van der Waals surface area contributed by atoms with E-state index >= 15 is 0 Å². The van der Waals surface area contributed by atoms with E-state index < -0.39 is 22.5 Å². The number of hydrazone groups is 1. The topological polar surface area (TPSA) is 99.1 Å². The molecule has 0 saturated carbocycles. The fourth-order valence-electron chi connectivity index (χ4n) is 2.90. The Balaban J connectivity index is 1.87. The second kappa shape index (κ2) is 9.44. The van der Waals surface area contributed by atoms with Crippen LogP contribution in [0.25, 0.3) is 0 Å². The number of aromatic hydroxyl groups is 1. The van der Waals surface area contributed by atoms with Crippen molar-refractivity contribution in [2.24, 2.45) is 5.10 Å². The van der Waals surface area contributed by atoms with Gasteiger partial charge >= 0.3 is 0 Å². The summed E-state index contributed by atoms with van der Waals surface area (Å²) >= 11 is 0. The van der Waals surface area contributed by atoms with E-state index in [-0.39, 0.29) is 10.6 Å². The average molecular weight is 438 g/mol. The minimum Gasteiger partial charge on any atom is -0.507 e. The summed E-state index contributed by atoms with van der Waals surface area (Å²) in [6.07, 6.45) is 0. The molecule has 0 atom stereocenters. The van der Waals surface area contributed by atoms with Crippen molar-refractivity contribution in [3.8, 4) is 5.75 Å². The van der Waals surface area contributed by atoms with Gasteiger partial charge in [-0.15, -0.1) is 0 Å². The Kier molecular flexibility index (Phi) is 6.71. The predicted molar refractivity (Wildman–Crippen MR) is 121 cm³/mol. The molecule has 0 spiro atoms. The largest absolute Gasteiger partial charge is 0.507 e. The van der Waals surface area contributed by atoms with Crippen LogP contribution in [0.5, 0.6) is 5.75 Å². The summed E-state index contributed by atoms with van der Waals surface area (Å²) in [7, 11) is -3.98. The minimum absolute atomic E-state index is 0.0333. The van der Waals surface area contributed by atoms with Crippen LogP contribution in [-0.4, -0.2) is 31.7 Å². The minimum atomic E-state index is -3.98. The van der Waals surface area contributed by atoms with Crippen LogP contribution in [0.3, 0.4) is 0 Å². The molecule has 0 aliphatic carbocycles. The number of nitrogens with zero attached hydrogens (tertiary/aromatic N) is 2. The number of phenolic OH excluding ortho intramolecular Hbond substituents is 1. The number of amides is 1. The van der Waals surface area contributed by atoms with E-state index in [9.17, 15) is 18.3 Å². The van der Waals surface area contributed by atoms with Crippen molar-refractivity contribution in [3.63, 3.8) is 0 Å². The van der Waals surface area contributed by atoms with E-state index in [1.54, 1.807) is 67.6 Å². The fraction of sp³-hybridized carbons (Fsp3) is 0.130. The molecular formula is C23H23N3O4S. The predicted octanol–water partition coefficient (Wildman–Crippen LogP) is 3.44. The summed E-state index contributed by atoms with van der Waals surface area (Å²) in [5.74, 6) is -0.583. The summed E-state index contributed by atoms with van der Waals surface area (Å²) in [6, 6.07) is 21.4. The molecule has 0 saturated heterocycles. The van der Waals surface area contributed by atoms with Crippen molar-refractivity contribution in [1.82, 2.24) is 5.43 Å². The molecule has 0 bridgehead atoms. The van der Waals surface area contributed by atoms with Crippen molar-refractivity contribution < 1.29 is 18.3 Å². The number of anilines is 1. The number of aryl methyl sites for hydroxylation is 1. The van der Waals surface area contributed by atoms with E-state index in [1.165, 1.54) is 18.2 Å². The van der Waals surface area contributed by atoms with Crippen LogP contribution in [-0.2, 0) is 14.8 Å². The van der Waals surface area contributed by atoms with Gasteiger partial charge in [0.25, 0.3) is 15.9 Å². The molecule has 7 nitrogen and oxygen atoms in total. The molecule has 31 heavy (non-hydrogen) atoms. The first-order chi connectivity index (χ1) is 14.8. The van der Waals surface area contributed by atoms with E-state index in [2.05, 4.69) is 10.5 Å². The van der Waals surface area contributed by atoms with Gasteiger partial charge in [0.15, 0.2) is 0 Å². The first-order valence-electron chi connectivity index (χ1n) is 9.55. The van der Waals surface area contributed by atoms with Gasteiger partial charge in [0.1, 0.15) is 12.3 Å². The lowest BCUT2D eigenvalue weighted by molar-refractivity contribution is -0.119. The van der Waals surface area contributed by atoms with Crippen molar-refractivity contribution in [2.45, 2.75) is 18.7 Å². The Hall–Kier alpha value is -3.65. The lowest BCUT2D eigenvalue weighted by Gasteiger charge is -2.23. The third-order valence-electron chi connectivity index (χ3n) is 4.58. The summed E-state index contributed by atoms with van der Waals surface area (Å²) < 4.78 is 27.5. The smallest absolute Gasteiger partial charge is 0.264 e. The van der Waals surface area contributed by atoms with Crippen LogP contribution in [0.15, 0.2) is 88.9 Å². The van der Waals surface area contributed by atoms with Crippen LogP contribution in [0.1, 0.15) is 18.1 Å². The first-order valence-corrected chi connectivity index (χ1v) is 11.0. The maximum Gasteiger partial charge on any atom is 0.264 e. The Labute approximate surface area is 181 Å². The van der Waals surface area contributed by atoms with E-state index in [1.807, 2.05) is 6.92 Å². The van der Waals surface area contributed by atoms with Crippen molar-refractivity contribution in [2.75, 3.05) is 10.8 Å². The van der Waals surface area contributed by atoms with Crippen LogP contribution >= 0.6 is 0 Å². The molecule has 0 fully saturated rings. The fourth-order valence-corrected chi connectivity index (χ4v) is 4.34. The first kappa shape index (κ1) is 22.0. The van der Waals surface area contributed by atoms with E-state index in [4.69, 9.17) is 0 Å². The number of nitrogens with one attached hydrogen (secondary N) is 1. The van der Waals surface area contributed by atoms with Crippen LogP contribution in [0.4, 0.5) is 5.69 Å². The van der Waals surface area contributed by atoms with Gasteiger partial charge in [-0.3, -0.25) is 9.10 Å². The quantitative estimate of drug-likeness (QED) is 0.437. The van der Waals surface area contributed by atoms with E-state index in [0.717, 1.165) is 9.87 Å². The molecule has 3 aromatic rings. The van der Waals surface area contributed by atoms with Gasteiger partial charge < -0.3 is 5.11 Å². The standard InChI is InChI=1S/C23H23N3O4S/c1-17-12-14-19(15-13-17)26(31(29,30)20-8-4-3-5-9-20)16-23(28)25-24-18(2)21-10-6-7-11-22(21)27/h3-15,27H,16H2,1-2H3,(H,25,28)/b24-18-. The number of phenols is 1. The molecule has 0 aliphatic heterocycles. The monoisotopic (exact) mass is 437 g/mol. The van der Waals surface area contributed by atoms with Gasteiger partial charge in [0, 0.05) is 5.56 Å². The second-order valence-corrected chi connectivity index (χ2v) is 8.77. The Morgan fingerprint density at radius 2 is 1.58 bits per heavy atom. The molecule has 0 radical (unpaired) electrons. The van der Waals surface area contributed by atoms with Gasteiger partial charge in [0.2, 0.25) is 0 Å². The van der Waals surface area contributed by atoms with Gasteiger partial charge in [-0.05, 0) is 50.2 Å². The van der Waals surface area contributed by atoms with Crippen LogP contribution in [0.2, 0.25) is 0 Å². The van der Waals surface area contributed by atoms with Gasteiger partial charge in [-0.25, -0.2) is 13.8 Å². The highest BCUT2D eigenvalue weighted by molar-refractivity contribution is 7.92. The second-order valence-electron chi connectivity index (χ2n) is 6.91. The van der Waals surface area contributed by atoms with E-state index in [0.29, 0.717) is 17.0 Å². The lowest BCUT2D eigenvalue weighted by Crippen LogP contribution is -2.39. The Morgan fingerprint density at radius 1 is 0.968 bits per heavy atom. The third kappa shape index (κ3) is 5.29. The van der Waals surface area contributed by atoms with Gasteiger partial charge in [-0.1, -0.05) is 48.0 Å². The summed E-state index contributed by atoms with van der Waals surface area (Å²) in [6.45, 7) is 3.06. The summed E-state index contributed by atoms with van der Waals surface area (Å²) in [4.78, 5) is 12.7. The number of benzene rings is 3. The number of carbonyl (C=O) groups excluding carboxylic acids is 1. The molecular weight excluding hydrogens is 414 g/mol. The number of hydrogen-bond donors (Lipinski definition) is 2. The maximum atomic E-state index is 13.2. The normalized spacial score (nSPS) is 11.7. The van der Waals surface area contributed by atoms with Crippen LogP contribution in [0, 0.1) is 6.92 Å². The van der Waals surface area contributed by atoms with Crippen molar-refractivity contribution >= 4 is 27.3 Å². The highest BCUT2D eigenvalue weighted by atomic mass is 32.2. The zero-order valence-electron chi connectivity index (χ0n) is 17.2. The molecule has 160 valence electrons. The molecule has 3 aromatic carbocycles. The molecule has 0 heterocycles. The zero-order valence-corrected chi connectivity index (χ0v) is 18.0. The van der Waals surface area contributed by atoms with Crippen molar-refractivity contribution in [1.29, 1.82) is 0 Å². The molecule has 8 heteroatoms. The van der Waals surface area contributed by atoms with Crippen LogP contribution < -0.4 is 9.73 Å². The zero-order chi connectivity index (χ0) is 22.4. The Bertz CT molecular complexity index is 1190. The van der Waals surface area contributed by atoms with Crippen molar-refractivity contribution in [3.05, 3.63) is 90.0 Å². The molecule has 0 unspecified atom stereocenters. The lowest BCUT2D eigenvalue weighted by atomic mass is 10.1. The maximum absolute atomic E-state index is 13.2. The number of sulfonamides is 1. The number of carbonyl (C=O) groups is 1. The van der Waals surface area contributed by atoms with Gasteiger partial charge in [-0.2, -0.15) is 5.10 Å². The highest BCUT2D eigenvalue weighted by Crippen LogP contribution is 2.24. The number of rotatable bonds is 7. The summed E-state index contributed by atoms with van der Waals surface area (Å²) in [5, 5.41) is 13.9. The Morgan fingerprint density at radius 3 is 2.23 bits per heavy atom. The number of hydrogen-bond acceptors (Lipinski definition) is 5. The SMILES string of the molecule is C/C(=N/NC(=O)CN(c1ccc(C)cc1)S(=O)(=O)c1ccccc1)c1ccccc1O. The molecule has 0 aromatic heterocycles.